The topological polar surface area (TPSA) is 52.6 Å². The molecule has 0 aromatic heterocycles. The van der Waals surface area contributed by atoms with Crippen LogP contribution in [0.4, 0.5) is 0 Å². The Kier molecular flexibility index (Phi) is 16.2. The molecule has 0 radical (unpaired) electrons. The second-order valence-electron chi connectivity index (χ2n) is 5.14. The van der Waals surface area contributed by atoms with E-state index in [1.165, 1.54) is 6.42 Å². The smallest absolute Gasteiger partial charge is 0.309 e. The molecule has 0 spiro atoms. The highest BCUT2D eigenvalue weighted by molar-refractivity contribution is 5.76. The second kappa shape index (κ2) is 15.5. The first-order chi connectivity index (χ1) is 11.7. The summed E-state index contributed by atoms with van der Waals surface area (Å²) in [5.41, 5.74) is 0. The third-order valence-corrected chi connectivity index (χ3v) is 4.11. The molecule has 0 amide bonds. The van der Waals surface area contributed by atoms with E-state index in [0.717, 1.165) is 25.2 Å². The number of hydrogen-bond acceptors (Lipinski definition) is 4. The van der Waals surface area contributed by atoms with Gasteiger partial charge < -0.3 is 9.47 Å². The van der Waals surface area contributed by atoms with E-state index in [4.69, 9.17) is 4.74 Å². The molecule has 2 heterocycles. The van der Waals surface area contributed by atoms with Crippen LogP contribution in [-0.4, -0.2) is 24.6 Å². The van der Waals surface area contributed by atoms with E-state index in [0.29, 0.717) is 31.0 Å². The molecule has 24 heavy (non-hydrogen) atoms. The van der Waals surface area contributed by atoms with Gasteiger partial charge in [-0.2, -0.15) is 0 Å². The molecule has 2 saturated heterocycles. The molecule has 4 nitrogen and oxygen atoms in total. The van der Waals surface area contributed by atoms with Gasteiger partial charge in [0.05, 0.1) is 12.5 Å². The van der Waals surface area contributed by atoms with Crippen molar-refractivity contribution in [3.05, 3.63) is 0 Å². The van der Waals surface area contributed by atoms with Gasteiger partial charge in [-0.05, 0) is 31.6 Å². The van der Waals surface area contributed by atoms with Gasteiger partial charge in [-0.25, -0.2) is 0 Å². The lowest BCUT2D eigenvalue weighted by Crippen LogP contribution is -2.15. The maximum absolute atomic E-state index is 11.1. The Bertz CT molecular complexity index is 318. The van der Waals surface area contributed by atoms with Gasteiger partial charge in [0.25, 0.3) is 0 Å². The van der Waals surface area contributed by atoms with Crippen molar-refractivity contribution in [1.82, 2.24) is 0 Å². The number of hydrogen-bond donors (Lipinski definition) is 0. The predicted octanol–water partition coefficient (Wildman–Crippen LogP) is 5.39. The van der Waals surface area contributed by atoms with Crippen LogP contribution >= 0.6 is 0 Å². The summed E-state index contributed by atoms with van der Waals surface area (Å²) in [5, 5.41) is 0. The van der Waals surface area contributed by atoms with E-state index in [2.05, 4.69) is 4.74 Å². The number of esters is 2. The summed E-state index contributed by atoms with van der Waals surface area (Å²) in [6.45, 7) is 16.6. The van der Waals surface area contributed by atoms with Gasteiger partial charge in [-0.1, -0.05) is 55.4 Å². The van der Waals surface area contributed by atoms with Crippen molar-refractivity contribution in [2.24, 2.45) is 17.8 Å². The summed E-state index contributed by atoms with van der Waals surface area (Å²) in [5.74, 6) is 1.80. The van der Waals surface area contributed by atoms with Crippen molar-refractivity contribution in [3.8, 4) is 0 Å². The molecule has 2 bridgehead atoms. The number of ether oxygens (including phenoxy) is 2. The fourth-order valence-electron chi connectivity index (χ4n) is 3.40. The Morgan fingerprint density at radius 1 is 0.833 bits per heavy atom. The zero-order valence-corrected chi connectivity index (χ0v) is 17.2. The Hall–Kier alpha value is -1.06. The molecule has 0 aromatic carbocycles. The minimum Gasteiger partial charge on any atom is -0.466 e. The molecule has 4 rings (SSSR count). The van der Waals surface area contributed by atoms with Crippen LogP contribution in [0.1, 0.15) is 87.5 Å². The maximum Gasteiger partial charge on any atom is 0.309 e. The molecule has 0 aromatic rings. The molecule has 4 unspecified atom stereocenters. The fourth-order valence-corrected chi connectivity index (χ4v) is 3.40. The van der Waals surface area contributed by atoms with Gasteiger partial charge in [-0.3, -0.25) is 9.59 Å². The van der Waals surface area contributed by atoms with Gasteiger partial charge >= 0.3 is 11.9 Å². The molecule has 144 valence electrons. The monoisotopic (exact) mass is 344 g/mol. The average Bonchev–Trinajstić information content (AvgIpc) is 3.41. The van der Waals surface area contributed by atoms with Crippen molar-refractivity contribution in [3.63, 3.8) is 0 Å². The summed E-state index contributed by atoms with van der Waals surface area (Å²) in [6.07, 6.45) is 5.42. The molecule has 2 aliphatic heterocycles. The molecule has 4 aliphatic rings. The van der Waals surface area contributed by atoms with Crippen LogP contribution in [-0.2, 0) is 19.1 Å². The van der Waals surface area contributed by atoms with Crippen molar-refractivity contribution in [2.75, 3.05) is 6.61 Å². The Labute approximate surface area is 149 Å². The van der Waals surface area contributed by atoms with E-state index in [1.54, 1.807) is 0 Å². The minimum absolute atomic E-state index is 0.0463. The highest BCUT2D eigenvalue weighted by atomic mass is 16.6. The van der Waals surface area contributed by atoms with Crippen LogP contribution in [0.25, 0.3) is 0 Å². The summed E-state index contributed by atoms with van der Waals surface area (Å²) in [4.78, 5) is 21.1. The van der Waals surface area contributed by atoms with Crippen molar-refractivity contribution in [2.45, 2.75) is 93.6 Å². The van der Waals surface area contributed by atoms with E-state index in [9.17, 15) is 9.59 Å². The lowest BCUT2D eigenvalue weighted by molar-refractivity contribution is -0.143. The van der Waals surface area contributed by atoms with Crippen LogP contribution in [0.3, 0.4) is 0 Å². The van der Waals surface area contributed by atoms with E-state index in [1.807, 2.05) is 55.4 Å². The second-order valence-corrected chi connectivity index (χ2v) is 5.14. The molecule has 4 fully saturated rings. The average molecular weight is 345 g/mol. The van der Waals surface area contributed by atoms with Gasteiger partial charge in [0.2, 0.25) is 0 Å². The quantitative estimate of drug-likeness (QED) is 0.553. The SMILES string of the molecule is CC.CC.CC.CC.O=C1CCCO1.O=C1OC2CC3CC1C2C3. The van der Waals surface area contributed by atoms with Gasteiger partial charge in [-0.15, -0.1) is 0 Å². The molecular weight excluding hydrogens is 304 g/mol. The van der Waals surface area contributed by atoms with Crippen molar-refractivity contribution >= 4 is 11.9 Å². The van der Waals surface area contributed by atoms with E-state index < -0.39 is 0 Å². The summed E-state index contributed by atoms with van der Waals surface area (Å²) in [6, 6.07) is 0. The zero-order chi connectivity index (χ0) is 19.1. The molecule has 2 aliphatic carbocycles. The van der Waals surface area contributed by atoms with Crippen LogP contribution in [0.5, 0.6) is 0 Å². The van der Waals surface area contributed by atoms with E-state index in [-0.39, 0.29) is 11.9 Å². The lowest BCUT2D eigenvalue weighted by Gasteiger charge is -2.11. The van der Waals surface area contributed by atoms with Gasteiger partial charge in [0, 0.05) is 12.3 Å². The molecule has 2 saturated carbocycles. The Morgan fingerprint density at radius 2 is 1.42 bits per heavy atom. The van der Waals surface area contributed by atoms with Gasteiger partial charge in [0.1, 0.15) is 6.10 Å². The summed E-state index contributed by atoms with van der Waals surface area (Å²) < 4.78 is 9.71. The largest absolute Gasteiger partial charge is 0.466 e. The molecule has 4 heteroatoms. The highest BCUT2D eigenvalue weighted by Crippen LogP contribution is 2.54. The number of rotatable bonds is 0. The van der Waals surface area contributed by atoms with Gasteiger partial charge in [0.15, 0.2) is 0 Å². The maximum atomic E-state index is 11.1. The minimum atomic E-state index is -0.0463. The third kappa shape index (κ3) is 7.23. The number of carbonyl (C=O) groups is 2. The first-order valence-corrected chi connectivity index (χ1v) is 10.1. The van der Waals surface area contributed by atoms with Crippen LogP contribution in [0, 0.1) is 17.8 Å². The van der Waals surface area contributed by atoms with Crippen molar-refractivity contribution in [1.29, 1.82) is 0 Å². The molecular formula is C20H40O4. The summed E-state index contributed by atoms with van der Waals surface area (Å²) in [7, 11) is 0. The molecule has 4 atom stereocenters. The Morgan fingerprint density at radius 3 is 1.71 bits per heavy atom. The van der Waals surface area contributed by atoms with Crippen molar-refractivity contribution < 1.29 is 19.1 Å². The number of fused-ring (bicyclic) bond motifs is 1. The summed E-state index contributed by atoms with van der Waals surface area (Å²) >= 11 is 0. The first-order valence-electron chi connectivity index (χ1n) is 10.1. The van der Waals surface area contributed by atoms with E-state index >= 15 is 0 Å². The van der Waals surface area contributed by atoms with Crippen LogP contribution < -0.4 is 0 Å². The standard InChI is InChI=1S/C8H10O2.C4H6O2.4C2H6/c9-8-6-2-4-1-5(6)7(3-4)10-8;5-4-2-1-3-6-4;4*1-2/h4-7H,1-3H2;1-3H2;4*1-2H3. The fraction of sp³-hybridized carbons (Fsp3) is 0.900. The molecule has 0 N–H and O–H groups in total. The lowest BCUT2D eigenvalue weighted by atomic mass is 9.90. The Balaban J connectivity index is 0. The number of carbonyl (C=O) groups excluding carboxylic acids is 2. The normalized spacial score (nSPS) is 29.5. The number of cyclic esters (lactones) is 1. The van der Waals surface area contributed by atoms with Crippen LogP contribution in [0.2, 0.25) is 0 Å². The highest BCUT2D eigenvalue weighted by Gasteiger charge is 2.56. The zero-order valence-electron chi connectivity index (χ0n) is 17.2. The third-order valence-electron chi connectivity index (χ3n) is 4.11. The first kappa shape index (κ1) is 25.2. The van der Waals surface area contributed by atoms with Crippen LogP contribution in [0.15, 0.2) is 0 Å². The predicted molar refractivity (Wildman–Crippen MR) is 99.8 cm³/mol.